The lowest BCUT2D eigenvalue weighted by Gasteiger charge is -2.17. The molecule has 3 atom stereocenters. The minimum atomic E-state index is -4.38. The van der Waals surface area contributed by atoms with E-state index >= 15 is 0 Å². The molecule has 1 aliphatic rings. The summed E-state index contributed by atoms with van der Waals surface area (Å²) < 4.78 is 63.3. The zero-order valence-electron chi connectivity index (χ0n) is 16.7. The summed E-state index contributed by atoms with van der Waals surface area (Å²) in [6.07, 6.45) is -2.70. The number of benzene rings is 2. The first-order valence-electron chi connectivity index (χ1n) is 9.41. The second kappa shape index (κ2) is 7.94. The molecule has 0 saturated heterocycles. The Kier molecular flexibility index (Phi) is 5.86. The Morgan fingerprint density at radius 1 is 1.13 bits per heavy atom. The number of sulfonamides is 1. The van der Waals surface area contributed by atoms with Gasteiger partial charge in [0.05, 0.1) is 23.5 Å². The number of carbonyl (C=O) groups is 1. The highest BCUT2D eigenvalue weighted by Gasteiger charge is 2.44. The number of anilines is 1. The average Bonchev–Trinajstić information content (AvgIpc) is 3.42. The van der Waals surface area contributed by atoms with Crippen LogP contribution in [0.15, 0.2) is 42.5 Å². The lowest BCUT2D eigenvalue weighted by molar-refractivity contribution is -0.137. The number of rotatable bonds is 6. The third-order valence-electron chi connectivity index (χ3n) is 5.20. The lowest BCUT2D eigenvalue weighted by atomic mass is 10.0. The van der Waals surface area contributed by atoms with Crippen molar-refractivity contribution in [1.29, 1.82) is 0 Å². The second-order valence-electron chi connectivity index (χ2n) is 7.75. The fraction of sp³-hybridized carbons (Fsp3) is 0.381. The van der Waals surface area contributed by atoms with Gasteiger partial charge in [0.2, 0.25) is 15.9 Å². The van der Waals surface area contributed by atoms with Crippen molar-refractivity contribution in [3.05, 3.63) is 64.7 Å². The summed E-state index contributed by atoms with van der Waals surface area (Å²) in [5, 5.41) is 2.93. The summed E-state index contributed by atoms with van der Waals surface area (Å²) in [5.41, 5.74) is 2.05. The smallest absolute Gasteiger partial charge is 0.349 e. The molecule has 2 unspecified atom stereocenters. The molecule has 2 aromatic carbocycles. The molecule has 30 heavy (non-hydrogen) atoms. The summed E-state index contributed by atoms with van der Waals surface area (Å²) >= 11 is 0. The van der Waals surface area contributed by atoms with Gasteiger partial charge in [0.15, 0.2) is 0 Å². The van der Waals surface area contributed by atoms with Crippen molar-refractivity contribution in [2.45, 2.75) is 38.4 Å². The summed E-state index contributed by atoms with van der Waals surface area (Å²) in [4.78, 5) is 12.6. The maximum Gasteiger partial charge on any atom is 0.416 e. The molecule has 2 N–H and O–H groups in total. The number of nitrogens with one attached hydrogen (secondary N) is 2. The van der Waals surface area contributed by atoms with E-state index < -0.39 is 21.8 Å². The molecule has 0 aromatic heterocycles. The zero-order chi connectivity index (χ0) is 22.3. The van der Waals surface area contributed by atoms with Crippen molar-refractivity contribution in [3.8, 4) is 0 Å². The third kappa shape index (κ3) is 5.33. The van der Waals surface area contributed by atoms with Crippen LogP contribution < -0.4 is 10.0 Å². The summed E-state index contributed by atoms with van der Waals surface area (Å²) in [6, 6.07) is 9.85. The van der Waals surface area contributed by atoms with Crippen LogP contribution in [-0.4, -0.2) is 20.6 Å². The minimum absolute atomic E-state index is 0.0810. The van der Waals surface area contributed by atoms with Gasteiger partial charge in [0, 0.05) is 5.92 Å². The molecule has 2 aromatic rings. The fourth-order valence-corrected chi connectivity index (χ4v) is 4.08. The molecule has 0 aliphatic heterocycles. The molecule has 0 spiro atoms. The van der Waals surface area contributed by atoms with E-state index in [1.807, 2.05) is 6.92 Å². The Labute approximate surface area is 173 Å². The summed E-state index contributed by atoms with van der Waals surface area (Å²) in [7, 11) is -3.38. The molecular formula is C21H23F3N2O3S. The Hall–Kier alpha value is -2.55. The molecule has 0 heterocycles. The molecule has 9 heteroatoms. The van der Waals surface area contributed by atoms with E-state index in [2.05, 4.69) is 10.0 Å². The van der Waals surface area contributed by atoms with Gasteiger partial charge < -0.3 is 5.32 Å². The molecule has 1 fully saturated rings. The van der Waals surface area contributed by atoms with Gasteiger partial charge in [0.25, 0.3) is 0 Å². The van der Waals surface area contributed by atoms with Crippen LogP contribution >= 0.6 is 0 Å². The van der Waals surface area contributed by atoms with Gasteiger partial charge >= 0.3 is 6.18 Å². The SMILES string of the molecule is Cc1cc(C(C)NC(=O)[C@@H]2CC2c2ccc(C(F)(F)F)cc2)ccc1NS(C)(=O)=O. The molecule has 0 radical (unpaired) electrons. The van der Waals surface area contributed by atoms with E-state index in [4.69, 9.17) is 0 Å². The van der Waals surface area contributed by atoms with Crippen LogP contribution in [0.4, 0.5) is 18.9 Å². The predicted molar refractivity (Wildman–Crippen MR) is 108 cm³/mol. The highest BCUT2D eigenvalue weighted by molar-refractivity contribution is 7.92. The van der Waals surface area contributed by atoms with Crippen molar-refractivity contribution in [3.63, 3.8) is 0 Å². The quantitative estimate of drug-likeness (QED) is 0.701. The van der Waals surface area contributed by atoms with Crippen LogP contribution in [0.25, 0.3) is 0 Å². The molecule has 1 amide bonds. The van der Waals surface area contributed by atoms with Crippen molar-refractivity contribution in [1.82, 2.24) is 5.32 Å². The first-order chi connectivity index (χ1) is 13.8. The van der Waals surface area contributed by atoms with Crippen LogP contribution in [0.5, 0.6) is 0 Å². The number of halogens is 3. The molecule has 1 aliphatic carbocycles. The summed E-state index contributed by atoms with van der Waals surface area (Å²) in [5.74, 6) is -0.498. The van der Waals surface area contributed by atoms with Crippen LogP contribution in [-0.2, 0) is 21.0 Å². The molecule has 3 rings (SSSR count). The zero-order valence-corrected chi connectivity index (χ0v) is 17.6. The molecule has 0 bridgehead atoms. The van der Waals surface area contributed by atoms with Crippen molar-refractivity contribution < 1.29 is 26.4 Å². The molecule has 1 saturated carbocycles. The van der Waals surface area contributed by atoms with Gasteiger partial charge in [-0.3, -0.25) is 9.52 Å². The van der Waals surface area contributed by atoms with Crippen LogP contribution in [0, 0.1) is 12.8 Å². The Balaban J connectivity index is 1.61. The van der Waals surface area contributed by atoms with E-state index in [-0.39, 0.29) is 23.8 Å². The van der Waals surface area contributed by atoms with Crippen molar-refractivity contribution in [2.24, 2.45) is 5.92 Å². The van der Waals surface area contributed by atoms with Gasteiger partial charge in [-0.15, -0.1) is 0 Å². The van der Waals surface area contributed by atoms with E-state index in [9.17, 15) is 26.4 Å². The predicted octanol–water partition coefficient (Wildman–Crippen LogP) is 4.37. The Bertz CT molecular complexity index is 1050. The number of hydrogen-bond donors (Lipinski definition) is 2. The number of alkyl halides is 3. The topological polar surface area (TPSA) is 75.3 Å². The number of carbonyl (C=O) groups excluding carboxylic acids is 1. The van der Waals surface area contributed by atoms with E-state index in [1.54, 1.807) is 25.1 Å². The van der Waals surface area contributed by atoms with E-state index in [0.29, 0.717) is 12.1 Å². The van der Waals surface area contributed by atoms with Gasteiger partial charge in [-0.2, -0.15) is 13.2 Å². The fourth-order valence-electron chi connectivity index (χ4n) is 3.45. The first kappa shape index (κ1) is 22.1. The second-order valence-corrected chi connectivity index (χ2v) is 9.50. The lowest BCUT2D eigenvalue weighted by Crippen LogP contribution is -2.28. The van der Waals surface area contributed by atoms with Gasteiger partial charge in [-0.1, -0.05) is 24.3 Å². The average molecular weight is 440 g/mol. The highest BCUT2D eigenvalue weighted by atomic mass is 32.2. The molecular weight excluding hydrogens is 417 g/mol. The maximum absolute atomic E-state index is 12.7. The van der Waals surface area contributed by atoms with Crippen molar-refractivity contribution in [2.75, 3.05) is 11.0 Å². The van der Waals surface area contributed by atoms with Gasteiger partial charge in [0.1, 0.15) is 0 Å². The van der Waals surface area contributed by atoms with Crippen molar-refractivity contribution >= 4 is 21.6 Å². The Morgan fingerprint density at radius 2 is 1.77 bits per heavy atom. The van der Waals surface area contributed by atoms with Crippen LogP contribution in [0.2, 0.25) is 0 Å². The summed E-state index contributed by atoms with van der Waals surface area (Å²) in [6.45, 7) is 3.60. The Morgan fingerprint density at radius 3 is 2.30 bits per heavy atom. The normalized spacial score (nSPS) is 19.8. The van der Waals surface area contributed by atoms with E-state index in [1.165, 1.54) is 12.1 Å². The largest absolute Gasteiger partial charge is 0.416 e. The van der Waals surface area contributed by atoms with Crippen LogP contribution in [0.1, 0.15) is 47.6 Å². The standard InChI is InChI=1S/C21H23F3N2O3S/c1-12-10-15(6-9-19(12)26-30(3,28)29)13(2)25-20(27)18-11-17(18)14-4-7-16(8-5-14)21(22,23)24/h4-10,13,17-18,26H,11H2,1-3H3,(H,25,27)/t13?,17?,18-/m1/s1. The number of amides is 1. The maximum atomic E-state index is 12.7. The molecule has 162 valence electrons. The van der Waals surface area contributed by atoms with Gasteiger partial charge in [-0.25, -0.2) is 8.42 Å². The van der Waals surface area contributed by atoms with E-state index in [0.717, 1.165) is 35.1 Å². The number of hydrogen-bond acceptors (Lipinski definition) is 3. The minimum Gasteiger partial charge on any atom is -0.349 e. The first-order valence-corrected chi connectivity index (χ1v) is 11.3. The number of aryl methyl sites for hydroxylation is 1. The van der Waals surface area contributed by atoms with Gasteiger partial charge in [-0.05, 0) is 61.1 Å². The van der Waals surface area contributed by atoms with Crippen LogP contribution in [0.3, 0.4) is 0 Å². The molecule has 5 nitrogen and oxygen atoms in total. The monoisotopic (exact) mass is 440 g/mol. The highest BCUT2D eigenvalue weighted by Crippen LogP contribution is 2.48. The third-order valence-corrected chi connectivity index (χ3v) is 5.79.